The van der Waals surface area contributed by atoms with E-state index in [0.29, 0.717) is 5.95 Å². The first-order valence-electron chi connectivity index (χ1n) is 11.5. The van der Waals surface area contributed by atoms with Gasteiger partial charge in [0, 0.05) is 38.1 Å². The summed E-state index contributed by atoms with van der Waals surface area (Å²) >= 11 is 1.72. The second-order valence-electron chi connectivity index (χ2n) is 8.35. The third kappa shape index (κ3) is 4.40. The molecule has 0 aliphatic carbocycles. The van der Waals surface area contributed by atoms with Crippen LogP contribution in [0.2, 0.25) is 0 Å². The van der Waals surface area contributed by atoms with E-state index in [1.165, 1.54) is 9.72 Å². The molecule has 1 aliphatic heterocycles. The van der Waals surface area contributed by atoms with E-state index in [-0.39, 0.29) is 12.2 Å². The first-order valence-corrected chi connectivity index (χ1v) is 12.3. The van der Waals surface area contributed by atoms with Crippen molar-refractivity contribution in [3.63, 3.8) is 0 Å². The van der Waals surface area contributed by atoms with Crippen LogP contribution in [-0.2, 0) is 11.2 Å². The Bertz CT molecular complexity index is 1310. The summed E-state index contributed by atoms with van der Waals surface area (Å²) in [4.78, 5) is 35.9. The minimum Gasteiger partial charge on any atom is -0.375 e. The van der Waals surface area contributed by atoms with Crippen LogP contribution in [0.4, 0.5) is 11.8 Å². The molecule has 0 radical (unpaired) electrons. The average molecular weight is 481 g/mol. The molecule has 4 heterocycles. The molecule has 1 N–H and O–H groups in total. The Morgan fingerprint density at radius 1 is 1.21 bits per heavy atom. The van der Waals surface area contributed by atoms with Gasteiger partial charge >= 0.3 is 0 Å². The predicted octanol–water partition coefficient (Wildman–Crippen LogP) is 2.60. The molecular weight excluding hydrogens is 452 g/mol. The van der Waals surface area contributed by atoms with E-state index in [1.807, 2.05) is 31.3 Å². The highest BCUT2D eigenvalue weighted by Crippen LogP contribution is 2.33. The van der Waals surface area contributed by atoms with E-state index in [2.05, 4.69) is 43.4 Å². The number of hydrogen-bond acceptors (Lipinski definition) is 10. The number of carbonyl (C=O) groups excluding carboxylic acids is 1. The molecule has 5 rings (SSSR count). The lowest BCUT2D eigenvalue weighted by atomic mass is 10.2. The molecular formula is C23H28N8O2S. The van der Waals surface area contributed by atoms with Gasteiger partial charge in [0.15, 0.2) is 6.23 Å². The van der Waals surface area contributed by atoms with E-state index in [1.54, 1.807) is 18.3 Å². The summed E-state index contributed by atoms with van der Waals surface area (Å²) in [5.74, 6) is 1.65. The van der Waals surface area contributed by atoms with Gasteiger partial charge in [0.25, 0.3) is 0 Å². The van der Waals surface area contributed by atoms with Gasteiger partial charge in [-0.15, -0.1) is 16.4 Å². The summed E-state index contributed by atoms with van der Waals surface area (Å²) in [5.41, 5.74) is 1.53. The molecule has 1 atom stereocenters. The Balaban J connectivity index is 1.35. The maximum absolute atomic E-state index is 12.0. The maximum Gasteiger partial charge on any atom is 0.225 e. The molecule has 11 heteroatoms. The Labute approximate surface area is 201 Å². The molecule has 34 heavy (non-hydrogen) atoms. The number of hydrogen-bond donors (Lipinski definition) is 1. The van der Waals surface area contributed by atoms with Crippen molar-refractivity contribution in [1.82, 2.24) is 30.0 Å². The highest BCUT2D eigenvalue weighted by atomic mass is 32.1. The van der Waals surface area contributed by atoms with Crippen LogP contribution in [-0.4, -0.2) is 75.3 Å². The molecule has 10 nitrogen and oxygen atoms in total. The number of carbonyl (C=O) groups is 1. The van der Waals surface area contributed by atoms with Gasteiger partial charge in [-0.3, -0.25) is 9.69 Å². The number of rotatable bonds is 8. The number of nitrogens with one attached hydrogen (secondary N) is 1. The van der Waals surface area contributed by atoms with E-state index < -0.39 is 6.23 Å². The number of anilines is 2. The fourth-order valence-corrected chi connectivity index (χ4v) is 5.19. The number of para-hydroxylation sites is 1. The average Bonchev–Trinajstić information content (AvgIpc) is 3.47. The van der Waals surface area contributed by atoms with Crippen molar-refractivity contribution in [3.05, 3.63) is 35.2 Å². The second kappa shape index (κ2) is 9.51. The van der Waals surface area contributed by atoms with Crippen molar-refractivity contribution < 1.29 is 9.63 Å². The smallest absolute Gasteiger partial charge is 0.225 e. The Morgan fingerprint density at radius 3 is 2.74 bits per heavy atom. The first kappa shape index (κ1) is 22.5. The molecule has 1 aromatic carbocycles. The highest BCUT2D eigenvalue weighted by molar-refractivity contribution is 7.18. The van der Waals surface area contributed by atoms with Crippen molar-refractivity contribution in [3.8, 4) is 0 Å². The van der Waals surface area contributed by atoms with Crippen LogP contribution in [0.1, 0.15) is 25.1 Å². The SMILES string of the molecule is CCc1cc2c(N3CCN(C(CC(C)=O)On4nnc5ccccc54)CC3)nc(NC)nc2s1. The largest absolute Gasteiger partial charge is 0.375 e. The fourth-order valence-electron chi connectivity index (χ4n) is 4.22. The van der Waals surface area contributed by atoms with Crippen LogP contribution in [0, 0.1) is 0 Å². The summed E-state index contributed by atoms with van der Waals surface area (Å²) < 4.78 is 0. The second-order valence-corrected chi connectivity index (χ2v) is 9.46. The van der Waals surface area contributed by atoms with Crippen molar-refractivity contribution in [2.75, 3.05) is 43.4 Å². The van der Waals surface area contributed by atoms with Crippen molar-refractivity contribution in [1.29, 1.82) is 0 Å². The zero-order valence-electron chi connectivity index (χ0n) is 19.6. The van der Waals surface area contributed by atoms with Gasteiger partial charge in [-0.25, -0.2) is 4.98 Å². The number of aryl methyl sites for hydroxylation is 1. The molecule has 0 saturated carbocycles. The molecule has 0 bridgehead atoms. The third-order valence-corrected chi connectivity index (χ3v) is 7.20. The van der Waals surface area contributed by atoms with Crippen LogP contribution in [0.15, 0.2) is 30.3 Å². The highest BCUT2D eigenvalue weighted by Gasteiger charge is 2.29. The molecule has 3 aromatic heterocycles. The fraction of sp³-hybridized carbons (Fsp3) is 0.435. The van der Waals surface area contributed by atoms with E-state index >= 15 is 0 Å². The zero-order valence-corrected chi connectivity index (χ0v) is 20.4. The topological polar surface area (TPSA) is 101 Å². The Kier molecular flexibility index (Phi) is 6.29. The standard InChI is InChI=1S/C23H28N8O2S/c1-4-16-14-17-21(25-23(24-3)26-22(17)34-16)30-11-9-29(10-12-30)20(13-15(2)32)33-31-19-8-6-5-7-18(19)27-28-31/h5-8,14,20H,4,9-13H2,1-3H3,(H,24,25,26). The first-order chi connectivity index (χ1) is 16.6. The number of piperazine rings is 1. The molecule has 4 aromatic rings. The quantitative estimate of drug-likeness (QED) is 0.408. The summed E-state index contributed by atoms with van der Waals surface area (Å²) in [6.07, 6.45) is 0.834. The lowest BCUT2D eigenvalue weighted by Crippen LogP contribution is -2.54. The minimum atomic E-state index is -0.420. The van der Waals surface area contributed by atoms with Gasteiger partial charge in [0.05, 0.1) is 11.8 Å². The van der Waals surface area contributed by atoms with Crippen molar-refractivity contribution in [2.24, 2.45) is 0 Å². The Morgan fingerprint density at radius 2 is 2.00 bits per heavy atom. The van der Waals surface area contributed by atoms with E-state index in [9.17, 15) is 4.79 Å². The number of fused-ring (bicyclic) bond motifs is 2. The van der Waals surface area contributed by atoms with Gasteiger partial charge in [-0.1, -0.05) is 23.9 Å². The number of thiophene rings is 1. The summed E-state index contributed by atoms with van der Waals surface area (Å²) in [5, 5.41) is 12.5. The van der Waals surface area contributed by atoms with Crippen LogP contribution in [0.25, 0.3) is 21.3 Å². The zero-order chi connectivity index (χ0) is 23.7. The number of Topliss-reactive ketones (excluding diaryl/α,β-unsaturated/α-hetero) is 1. The number of aromatic nitrogens is 5. The van der Waals surface area contributed by atoms with Crippen LogP contribution in [0.5, 0.6) is 0 Å². The monoisotopic (exact) mass is 480 g/mol. The number of ketones is 1. The summed E-state index contributed by atoms with van der Waals surface area (Å²) in [6, 6.07) is 9.83. The molecule has 178 valence electrons. The molecule has 1 aliphatic rings. The van der Waals surface area contributed by atoms with Crippen LogP contribution >= 0.6 is 11.3 Å². The van der Waals surface area contributed by atoms with Gasteiger partial charge in [-0.2, -0.15) is 4.98 Å². The van der Waals surface area contributed by atoms with E-state index in [4.69, 9.17) is 9.82 Å². The lowest BCUT2D eigenvalue weighted by Gasteiger charge is -2.38. The third-order valence-electron chi connectivity index (χ3n) is 6.02. The van der Waals surface area contributed by atoms with Gasteiger partial charge < -0.3 is 15.1 Å². The van der Waals surface area contributed by atoms with Crippen LogP contribution in [0.3, 0.4) is 0 Å². The molecule has 0 spiro atoms. The van der Waals surface area contributed by atoms with Crippen molar-refractivity contribution >= 4 is 50.1 Å². The van der Waals surface area contributed by atoms with Crippen LogP contribution < -0.4 is 15.1 Å². The normalized spacial score (nSPS) is 15.7. The Hall–Kier alpha value is -3.31. The minimum absolute atomic E-state index is 0.0680. The number of nitrogens with zero attached hydrogens (tertiary/aromatic N) is 7. The number of benzene rings is 1. The van der Waals surface area contributed by atoms with E-state index in [0.717, 1.165) is 59.7 Å². The van der Waals surface area contributed by atoms with Crippen molar-refractivity contribution in [2.45, 2.75) is 32.9 Å². The molecule has 1 fully saturated rings. The summed E-state index contributed by atoms with van der Waals surface area (Å²) in [6.45, 7) is 6.74. The molecule has 0 amide bonds. The van der Waals surface area contributed by atoms with Gasteiger partial charge in [0.2, 0.25) is 5.95 Å². The molecule has 1 saturated heterocycles. The summed E-state index contributed by atoms with van der Waals surface area (Å²) in [7, 11) is 1.84. The maximum atomic E-state index is 12.0. The lowest BCUT2D eigenvalue weighted by molar-refractivity contribution is -0.128. The predicted molar refractivity (Wildman–Crippen MR) is 133 cm³/mol. The van der Waals surface area contributed by atoms with Gasteiger partial charge in [0.1, 0.15) is 27.5 Å². The van der Waals surface area contributed by atoms with Gasteiger partial charge in [-0.05, 0) is 36.8 Å². The molecule has 1 unspecified atom stereocenters.